The molecule has 1 amide bonds. The summed E-state index contributed by atoms with van der Waals surface area (Å²) in [5.41, 5.74) is 2.23. The Kier molecular flexibility index (Phi) is 6.56. The lowest BCUT2D eigenvalue weighted by atomic mass is 10.1. The fourth-order valence-electron chi connectivity index (χ4n) is 1.75. The Morgan fingerprint density at radius 3 is 2.40 bits per heavy atom. The molecule has 5 nitrogen and oxygen atoms in total. The summed E-state index contributed by atoms with van der Waals surface area (Å²) < 4.78 is 10.2. The van der Waals surface area contributed by atoms with Gasteiger partial charge in [0.15, 0.2) is 0 Å². The number of esters is 1. The van der Waals surface area contributed by atoms with Crippen LogP contribution in [-0.2, 0) is 14.3 Å². The predicted octanol–water partition coefficient (Wildman–Crippen LogP) is 1.75. The molecule has 0 fully saturated rings. The van der Waals surface area contributed by atoms with E-state index in [0.29, 0.717) is 6.61 Å². The molecule has 1 rings (SSSR count). The molecule has 0 saturated heterocycles. The molecule has 0 atom stereocenters. The maximum Gasteiger partial charge on any atom is 0.325 e. The van der Waals surface area contributed by atoms with Crippen molar-refractivity contribution in [3.63, 3.8) is 0 Å². The Morgan fingerprint density at radius 2 is 1.80 bits per heavy atom. The van der Waals surface area contributed by atoms with Gasteiger partial charge in [-0.2, -0.15) is 0 Å². The number of amides is 1. The smallest absolute Gasteiger partial charge is 0.325 e. The van der Waals surface area contributed by atoms with Gasteiger partial charge in [0.25, 0.3) is 0 Å². The first-order chi connectivity index (χ1) is 9.51. The van der Waals surface area contributed by atoms with Crippen LogP contribution in [0.3, 0.4) is 0 Å². The van der Waals surface area contributed by atoms with Crippen molar-refractivity contribution in [3.05, 3.63) is 29.3 Å². The quantitative estimate of drug-likeness (QED) is 0.772. The van der Waals surface area contributed by atoms with Crippen molar-refractivity contribution < 1.29 is 19.1 Å². The fourth-order valence-corrected chi connectivity index (χ4v) is 1.75. The van der Waals surface area contributed by atoms with E-state index >= 15 is 0 Å². The van der Waals surface area contributed by atoms with Crippen molar-refractivity contribution in [3.8, 4) is 5.75 Å². The van der Waals surface area contributed by atoms with Crippen LogP contribution >= 0.6 is 0 Å². The van der Waals surface area contributed by atoms with E-state index in [9.17, 15) is 9.59 Å². The highest BCUT2D eigenvalue weighted by Crippen LogP contribution is 2.16. The molecular formula is C15H21NO4. The van der Waals surface area contributed by atoms with E-state index in [4.69, 9.17) is 9.47 Å². The largest absolute Gasteiger partial charge is 0.493 e. The monoisotopic (exact) mass is 279 g/mol. The summed E-state index contributed by atoms with van der Waals surface area (Å²) in [6.07, 6.45) is 0.201. The summed E-state index contributed by atoms with van der Waals surface area (Å²) >= 11 is 0. The van der Waals surface area contributed by atoms with Crippen molar-refractivity contribution in [2.45, 2.75) is 27.2 Å². The van der Waals surface area contributed by atoms with Crippen LogP contribution < -0.4 is 10.1 Å². The molecule has 0 aliphatic carbocycles. The van der Waals surface area contributed by atoms with E-state index in [-0.39, 0.29) is 25.5 Å². The number of hydrogen-bond donors (Lipinski definition) is 1. The van der Waals surface area contributed by atoms with Crippen molar-refractivity contribution >= 4 is 11.9 Å². The molecule has 0 aliphatic heterocycles. The Hall–Kier alpha value is -2.04. The minimum Gasteiger partial charge on any atom is -0.493 e. The number of aryl methyl sites for hydroxylation is 2. The summed E-state index contributed by atoms with van der Waals surface area (Å²) in [5, 5.41) is 2.48. The third-order valence-corrected chi connectivity index (χ3v) is 2.53. The Balaban J connectivity index is 2.26. The number of rotatable bonds is 7. The predicted molar refractivity (Wildman–Crippen MR) is 75.7 cm³/mol. The second kappa shape index (κ2) is 8.19. The lowest BCUT2D eigenvalue weighted by Gasteiger charge is -2.08. The van der Waals surface area contributed by atoms with Gasteiger partial charge in [-0.3, -0.25) is 9.59 Å². The van der Waals surface area contributed by atoms with Crippen molar-refractivity contribution in [1.29, 1.82) is 0 Å². The van der Waals surface area contributed by atoms with Gasteiger partial charge in [-0.25, -0.2) is 0 Å². The molecule has 1 aromatic carbocycles. The molecular weight excluding hydrogens is 258 g/mol. The highest BCUT2D eigenvalue weighted by molar-refractivity contribution is 5.81. The van der Waals surface area contributed by atoms with E-state index in [2.05, 4.69) is 11.4 Å². The number of benzene rings is 1. The minimum atomic E-state index is -0.434. The first kappa shape index (κ1) is 16.0. The molecule has 1 N–H and O–H groups in total. The SMILES string of the molecule is CCOC(=O)CNC(=O)CCOc1cc(C)cc(C)c1. The third-order valence-electron chi connectivity index (χ3n) is 2.53. The van der Waals surface area contributed by atoms with E-state index in [0.717, 1.165) is 16.9 Å². The minimum absolute atomic E-state index is 0.101. The first-order valence-corrected chi connectivity index (χ1v) is 6.64. The molecule has 1 aromatic rings. The van der Waals surface area contributed by atoms with Gasteiger partial charge in [0.2, 0.25) is 5.91 Å². The Labute approximate surface area is 119 Å². The van der Waals surface area contributed by atoms with E-state index in [1.807, 2.05) is 26.0 Å². The van der Waals surface area contributed by atoms with Crippen molar-refractivity contribution in [1.82, 2.24) is 5.32 Å². The second-order valence-corrected chi connectivity index (χ2v) is 4.50. The zero-order chi connectivity index (χ0) is 15.0. The lowest BCUT2D eigenvalue weighted by molar-refractivity contribution is -0.143. The molecule has 0 aliphatic rings. The van der Waals surface area contributed by atoms with Crippen LogP contribution in [-0.4, -0.2) is 31.6 Å². The summed E-state index contributed by atoms with van der Waals surface area (Å²) in [5.74, 6) is 0.0826. The van der Waals surface area contributed by atoms with Gasteiger partial charge >= 0.3 is 5.97 Å². The lowest BCUT2D eigenvalue weighted by Crippen LogP contribution is -2.31. The highest BCUT2D eigenvalue weighted by Gasteiger charge is 2.06. The van der Waals surface area contributed by atoms with E-state index < -0.39 is 5.97 Å². The van der Waals surface area contributed by atoms with Crippen LogP contribution in [0.1, 0.15) is 24.5 Å². The van der Waals surface area contributed by atoms with Gasteiger partial charge < -0.3 is 14.8 Å². The molecule has 0 saturated carbocycles. The molecule has 0 spiro atoms. The van der Waals surface area contributed by atoms with Crippen LogP contribution in [0.5, 0.6) is 5.75 Å². The number of ether oxygens (including phenoxy) is 2. The maximum atomic E-state index is 11.5. The van der Waals surface area contributed by atoms with E-state index in [1.165, 1.54) is 0 Å². The second-order valence-electron chi connectivity index (χ2n) is 4.50. The maximum absolute atomic E-state index is 11.5. The molecule has 0 unspecified atom stereocenters. The summed E-state index contributed by atoms with van der Waals surface area (Å²) in [4.78, 5) is 22.5. The average molecular weight is 279 g/mol. The number of carbonyl (C=O) groups excluding carboxylic acids is 2. The van der Waals surface area contributed by atoms with Crippen LogP contribution in [0.25, 0.3) is 0 Å². The highest BCUT2D eigenvalue weighted by atomic mass is 16.5. The van der Waals surface area contributed by atoms with Gasteiger partial charge in [-0.05, 0) is 44.0 Å². The zero-order valence-corrected chi connectivity index (χ0v) is 12.2. The summed E-state index contributed by atoms with van der Waals surface area (Å²) in [6, 6.07) is 5.89. The number of carbonyl (C=O) groups is 2. The molecule has 0 heterocycles. The standard InChI is InChI=1S/C15H21NO4/c1-4-19-15(18)10-16-14(17)5-6-20-13-8-11(2)7-12(3)9-13/h7-9H,4-6,10H2,1-3H3,(H,16,17). The summed E-state index contributed by atoms with van der Waals surface area (Å²) in [7, 11) is 0. The van der Waals surface area contributed by atoms with Gasteiger partial charge in [0.05, 0.1) is 19.6 Å². The van der Waals surface area contributed by atoms with Crippen molar-refractivity contribution in [2.75, 3.05) is 19.8 Å². The molecule has 0 radical (unpaired) electrons. The molecule has 20 heavy (non-hydrogen) atoms. The van der Waals surface area contributed by atoms with Crippen LogP contribution in [0, 0.1) is 13.8 Å². The topological polar surface area (TPSA) is 64.6 Å². The first-order valence-electron chi connectivity index (χ1n) is 6.64. The number of hydrogen-bond acceptors (Lipinski definition) is 4. The van der Waals surface area contributed by atoms with Gasteiger partial charge in [0, 0.05) is 0 Å². The summed E-state index contributed by atoms with van der Waals surface area (Å²) in [6.45, 7) is 6.19. The van der Waals surface area contributed by atoms with Crippen LogP contribution in [0.15, 0.2) is 18.2 Å². The molecule has 0 bridgehead atoms. The van der Waals surface area contributed by atoms with Gasteiger partial charge in [-0.1, -0.05) is 6.07 Å². The number of nitrogens with one attached hydrogen (secondary N) is 1. The van der Waals surface area contributed by atoms with Gasteiger partial charge in [-0.15, -0.1) is 0 Å². The molecule has 110 valence electrons. The third kappa shape index (κ3) is 6.22. The Morgan fingerprint density at radius 1 is 1.15 bits per heavy atom. The van der Waals surface area contributed by atoms with Crippen LogP contribution in [0.4, 0.5) is 0 Å². The molecule has 5 heteroatoms. The fraction of sp³-hybridized carbons (Fsp3) is 0.467. The van der Waals surface area contributed by atoms with Crippen LogP contribution in [0.2, 0.25) is 0 Å². The van der Waals surface area contributed by atoms with E-state index in [1.54, 1.807) is 6.92 Å². The van der Waals surface area contributed by atoms with Crippen molar-refractivity contribution in [2.24, 2.45) is 0 Å². The average Bonchev–Trinajstić information content (AvgIpc) is 2.35. The van der Waals surface area contributed by atoms with Gasteiger partial charge in [0.1, 0.15) is 12.3 Å². The zero-order valence-electron chi connectivity index (χ0n) is 12.2. The Bertz CT molecular complexity index is 451. The molecule has 0 aromatic heterocycles. The normalized spacial score (nSPS) is 9.95.